The van der Waals surface area contributed by atoms with Gasteiger partial charge in [0.05, 0.1) is 7.11 Å². The molecule has 0 atom stereocenters. The first-order chi connectivity index (χ1) is 12.2. The van der Waals surface area contributed by atoms with Crippen molar-refractivity contribution in [3.05, 3.63) is 59.4 Å². The van der Waals surface area contributed by atoms with Crippen LogP contribution in [-0.2, 0) is 6.61 Å². The van der Waals surface area contributed by atoms with Gasteiger partial charge < -0.3 is 9.47 Å². The number of fused-ring (bicyclic) bond motifs is 1. The molecule has 0 saturated carbocycles. The maximum Gasteiger partial charge on any atom is 0.235 e. The lowest BCUT2D eigenvalue weighted by molar-refractivity contribution is 0.303. The number of hydrogen-bond acceptors (Lipinski definition) is 6. The zero-order valence-electron chi connectivity index (χ0n) is 13.2. The highest BCUT2D eigenvalue weighted by Gasteiger charge is 2.14. The van der Waals surface area contributed by atoms with Crippen molar-refractivity contribution < 1.29 is 13.9 Å². The topological polar surface area (TPSA) is 61.5 Å². The standard InChI is InChI=1S/C17H13FN4O2S/c1-23-13-5-7-14(8-6-13)24-10-15-21-22-16(19-20-17(22)25-15)11-3-2-4-12(18)9-11/h2-9H,10H2,1H3. The van der Waals surface area contributed by atoms with E-state index in [0.717, 1.165) is 16.5 Å². The zero-order valence-corrected chi connectivity index (χ0v) is 14.0. The summed E-state index contributed by atoms with van der Waals surface area (Å²) >= 11 is 1.38. The fourth-order valence-corrected chi connectivity index (χ4v) is 3.09. The number of hydrogen-bond donors (Lipinski definition) is 0. The third-order valence-corrected chi connectivity index (χ3v) is 4.41. The largest absolute Gasteiger partial charge is 0.497 e. The van der Waals surface area contributed by atoms with E-state index in [1.807, 2.05) is 24.3 Å². The Morgan fingerprint density at radius 2 is 1.88 bits per heavy atom. The van der Waals surface area contributed by atoms with E-state index in [9.17, 15) is 4.39 Å². The van der Waals surface area contributed by atoms with Gasteiger partial charge in [0.1, 0.15) is 23.9 Å². The van der Waals surface area contributed by atoms with Crippen LogP contribution < -0.4 is 9.47 Å². The number of benzene rings is 2. The van der Waals surface area contributed by atoms with E-state index in [0.29, 0.717) is 23.0 Å². The van der Waals surface area contributed by atoms with Crippen molar-refractivity contribution in [2.45, 2.75) is 6.61 Å². The first-order valence-electron chi connectivity index (χ1n) is 7.47. The van der Waals surface area contributed by atoms with Crippen molar-refractivity contribution in [2.75, 3.05) is 7.11 Å². The molecule has 0 aliphatic heterocycles. The van der Waals surface area contributed by atoms with Crippen LogP contribution in [0.5, 0.6) is 11.5 Å². The third-order valence-electron chi connectivity index (χ3n) is 3.54. The molecule has 0 unspecified atom stereocenters. The second-order valence-corrected chi connectivity index (χ2v) is 6.23. The fourth-order valence-electron chi connectivity index (χ4n) is 2.34. The van der Waals surface area contributed by atoms with Gasteiger partial charge in [0, 0.05) is 5.56 Å². The minimum absolute atomic E-state index is 0.308. The number of ether oxygens (including phenoxy) is 2. The van der Waals surface area contributed by atoms with E-state index in [1.165, 1.54) is 23.5 Å². The number of rotatable bonds is 5. The normalized spacial score (nSPS) is 11.0. The summed E-state index contributed by atoms with van der Waals surface area (Å²) in [6.45, 7) is 0.308. The quantitative estimate of drug-likeness (QED) is 0.547. The number of methoxy groups -OCH3 is 1. The molecule has 0 fully saturated rings. The van der Waals surface area contributed by atoms with Gasteiger partial charge in [-0.25, -0.2) is 4.39 Å². The van der Waals surface area contributed by atoms with Crippen molar-refractivity contribution in [1.29, 1.82) is 0 Å². The Balaban J connectivity index is 1.55. The maximum absolute atomic E-state index is 13.4. The van der Waals surface area contributed by atoms with Gasteiger partial charge in [-0.05, 0) is 36.4 Å². The van der Waals surface area contributed by atoms with Gasteiger partial charge in [-0.1, -0.05) is 23.5 Å². The van der Waals surface area contributed by atoms with Crippen LogP contribution in [0.3, 0.4) is 0 Å². The predicted octanol–water partition coefficient (Wildman–Crippen LogP) is 3.58. The summed E-state index contributed by atoms with van der Waals surface area (Å²) < 4.78 is 25.9. The SMILES string of the molecule is COc1ccc(OCc2nn3c(-c4cccc(F)c4)nnc3s2)cc1. The van der Waals surface area contributed by atoms with Crippen molar-refractivity contribution >= 4 is 16.3 Å². The average Bonchev–Trinajstić information content (AvgIpc) is 3.20. The van der Waals surface area contributed by atoms with Crippen LogP contribution in [0.1, 0.15) is 5.01 Å². The van der Waals surface area contributed by atoms with Gasteiger partial charge in [-0.15, -0.1) is 10.2 Å². The molecule has 0 aliphatic carbocycles. The predicted molar refractivity (Wildman–Crippen MR) is 91.4 cm³/mol. The molecule has 25 heavy (non-hydrogen) atoms. The van der Waals surface area contributed by atoms with E-state index < -0.39 is 0 Å². The van der Waals surface area contributed by atoms with Crippen LogP contribution in [-0.4, -0.2) is 26.9 Å². The second-order valence-electron chi connectivity index (χ2n) is 5.19. The molecule has 8 heteroatoms. The summed E-state index contributed by atoms with van der Waals surface area (Å²) in [6.07, 6.45) is 0. The minimum atomic E-state index is -0.326. The van der Waals surface area contributed by atoms with E-state index in [-0.39, 0.29) is 5.82 Å². The molecule has 0 spiro atoms. The molecule has 2 aromatic heterocycles. The van der Waals surface area contributed by atoms with Crippen molar-refractivity contribution in [2.24, 2.45) is 0 Å². The van der Waals surface area contributed by atoms with Crippen LogP contribution in [0.2, 0.25) is 0 Å². The molecule has 4 aromatic rings. The number of nitrogens with zero attached hydrogens (tertiary/aromatic N) is 4. The van der Waals surface area contributed by atoms with E-state index in [4.69, 9.17) is 9.47 Å². The summed E-state index contributed by atoms with van der Waals surface area (Å²) in [7, 11) is 1.62. The maximum atomic E-state index is 13.4. The van der Waals surface area contributed by atoms with E-state index in [2.05, 4.69) is 15.3 Å². The fraction of sp³-hybridized carbons (Fsp3) is 0.118. The lowest BCUT2D eigenvalue weighted by Gasteiger charge is -2.04. The molecule has 6 nitrogen and oxygen atoms in total. The Bertz CT molecular complexity index is 1010. The summed E-state index contributed by atoms with van der Waals surface area (Å²) in [4.78, 5) is 0.632. The Morgan fingerprint density at radius 1 is 1.08 bits per heavy atom. The highest BCUT2D eigenvalue weighted by molar-refractivity contribution is 7.16. The Hall–Kier alpha value is -3.00. The monoisotopic (exact) mass is 356 g/mol. The summed E-state index contributed by atoms with van der Waals surface area (Å²) in [5.41, 5.74) is 0.625. The average molecular weight is 356 g/mol. The highest BCUT2D eigenvalue weighted by atomic mass is 32.1. The molecule has 0 N–H and O–H groups in total. The third kappa shape index (κ3) is 3.16. The first-order valence-corrected chi connectivity index (χ1v) is 8.28. The molecule has 0 radical (unpaired) electrons. The van der Waals surface area contributed by atoms with Gasteiger partial charge in [-0.3, -0.25) is 0 Å². The van der Waals surface area contributed by atoms with Crippen molar-refractivity contribution in [3.8, 4) is 22.9 Å². The minimum Gasteiger partial charge on any atom is -0.497 e. The van der Waals surface area contributed by atoms with Crippen LogP contribution in [0.4, 0.5) is 4.39 Å². The zero-order chi connectivity index (χ0) is 17.2. The van der Waals surface area contributed by atoms with Crippen LogP contribution in [0, 0.1) is 5.82 Å². The summed E-state index contributed by atoms with van der Waals surface area (Å²) in [5.74, 6) is 1.66. The molecule has 2 heterocycles. The number of halogens is 1. The molecule has 0 bridgehead atoms. The Morgan fingerprint density at radius 3 is 2.64 bits per heavy atom. The molecular formula is C17H13FN4O2S. The van der Waals surface area contributed by atoms with Crippen LogP contribution in [0.25, 0.3) is 16.3 Å². The molecule has 0 aliphatic rings. The molecule has 2 aromatic carbocycles. The highest BCUT2D eigenvalue weighted by Crippen LogP contribution is 2.23. The first kappa shape index (κ1) is 15.5. The molecule has 4 rings (SSSR count). The lowest BCUT2D eigenvalue weighted by Crippen LogP contribution is -1.97. The van der Waals surface area contributed by atoms with E-state index >= 15 is 0 Å². The molecule has 0 amide bonds. The van der Waals surface area contributed by atoms with Gasteiger partial charge in [-0.2, -0.15) is 9.61 Å². The van der Waals surface area contributed by atoms with E-state index in [1.54, 1.807) is 23.8 Å². The van der Waals surface area contributed by atoms with Gasteiger partial charge in [0.2, 0.25) is 4.96 Å². The molecule has 0 saturated heterocycles. The lowest BCUT2D eigenvalue weighted by atomic mass is 10.2. The van der Waals surface area contributed by atoms with Crippen molar-refractivity contribution in [1.82, 2.24) is 19.8 Å². The number of aromatic nitrogens is 4. The second kappa shape index (κ2) is 6.48. The smallest absolute Gasteiger partial charge is 0.235 e. The Labute approximate surface area is 146 Å². The van der Waals surface area contributed by atoms with Gasteiger partial charge in [0.25, 0.3) is 0 Å². The molecular weight excluding hydrogens is 343 g/mol. The van der Waals surface area contributed by atoms with Gasteiger partial charge >= 0.3 is 0 Å². The Kier molecular flexibility index (Phi) is 4.02. The summed E-state index contributed by atoms with van der Waals surface area (Å²) in [6, 6.07) is 13.5. The van der Waals surface area contributed by atoms with Crippen LogP contribution in [0.15, 0.2) is 48.5 Å². The molecule has 126 valence electrons. The summed E-state index contributed by atoms with van der Waals surface area (Å²) in [5, 5.41) is 13.4. The van der Waals surface area contributed by atoms with Crippen LogP contribution >= 0.6 is 11.3 Å². The van der Waals surface area contributed by atoms with Gasteiger partial charge in [0.15, 0.2) is 10.8 Å². The van der Waals surface area contributed by atoms with Crippen molar-refractivity contribution in [3.63, 3.8) is 0 Å².